The number of benzene rings is 2. The summed E-state index contributed by atoms with van der Waals surface area (Å²) in [5.41, 5.74) is 0.885. The van der Waals surface area contributed by atoms with Gasteiger partial charge in [0.15, 0.2) is 5.78 Å². The van der Waals surface area contributed by atoms with Gasteiger partial charge in [0.25, 0.3) is 10.0 Å². The summed E-state index contributed by atoms with van der Waals surface area (Å²) < 4.78 is 28.1. The van der Waals surface area contributed by atoms with Gasteiger partial charge in [0.05, 0.1) is 8.68 Å². The number of ketones is 1. The lowest BCUT2D eigenvalue weighted by Gasteiger charge is -2.08. The Bertz CT molecular complexity index is 1040. The average Bonchev–Trinajstić information content (AvgIpc) is 3.06. The molecule has 1 aromatic heterocycles. The van der Waals surface area contributed by atoms with E-state index < -0.39 is 10.0 Å². The standard InChI is InChI=1S/C19H14BrNO3S2/c20-19-13-11-16(25-19)10-12-18(22)14-6-8-15(9-7-14)21-26(23,24)17-4-2-1-3-5-17/h1-13,21H/b12-10+. The summed E-state index contributed by atoms with van der Waals surface area (Å²) in [4.78, 5) is 13.4. The first-order chi connectivity index (χ1) is 12.4. The third-order valence-electron chi connectivity index (χ3n) is 3.47. The molecule has 0 saturated carbocycles. The van der Waals surface area contributed by atoms with Crippen molar-refractivity contribution in [2.75, 3.05) is 4.72 Å². The molecule has 0 spiro atoms. The Labute approximate surface area is 164 Å². The van der Waals surface area contributed by atoms with Crippen LogP contribution in [0.2, 0.25) is 0 Å². The molecular weight excluding hydrogens is 434 g/mol. The van der Waals surface area contributed by atoms with Crippen molar-refractivity contribution in [1.82, 2.24) is 0 Å². The van der Waals surface area contributed by atoms with E-state index in [9.17, 15) is 13.2 Å². The first-order valence-corrected chi connectivity index (χ1v) is 10.7. The molecule has 3 aromatic rings. The SMILES string of the molecule is O=C(/C=C/c1ccc(Br)s1)c1ccc(NS(=O)(=O)c2ccccc2)cc1. The van der Waals surface area contributed by atoms with Crippen LogP contribution in [0, 0.1) is 0 Å². The lowest BCUT2D eigenvalue weighted by atomic mass is 10.1. The molecule has 3 rings (SSSR count). The summed E-state index contributed by atoms with van der Waals surface area (Å²) in [5, 5.41) is 0. The highest BCUT2D eigenvalue weighted by molar-refractivity contribution is 9.11. The van der Waals surface area contributed by atoms with Crippen molar-refractivity contribution in [2.24, 2.45) is 0 Å². The molecule has 0 saturated heterocycles. The maximum atomic E-state index is 12.3. The normalized spacial score (nSPS) is 11.6. The predicted molar refractivity (Wildman–Crippen MR) is 109 cm³/mol. The molecule has 0 atom stereocenters. The molecule has 1 N–H and O–H groups in total. The second-order valence-corrected chi connectivity index (χ2v) is 9.51. The maximum Gasteiger partial charge on any atom is 0.261 e. The first-order valence-electron chi connectivity index (χ1n) is 7.60. The zero-order chi connectivity index (χ0) is 18.6. The van der Waals surface area contributed by atoms with Crippen molar-refractivity contribution in [1.29, 1.82) is 0 Å². The summed E-state index contributed by atoms with van der Waals surface area (Å²) in [6.45, 7) is 0. The maximum absolute atomic E-state index is 12.3. The van der Waals surface area contributed by atoms with Gasteiger partial charge in [0, 0.05) is 16.1 Å². The summed E-state index contributed by atoms with van der Waals surface area (Å²) in [6.07, 6.45) is 3.26. The van der Waals surface area contributed by atoms with E-state index in [0.717, 1.165) is 8.66 Å². The number of anilines is 1. The second-order valence-electron chi connectivity index (χ2n) is 5.34. The van der Waals surface area contributed by atoms with Crippen molar-refractivity contribution in [2.45, 2.75) is 4.90 Å². The van der Waals surface area contributed by atoms with E-state index >= 15 is 0 Å². The third kappa shape index (κ3) is 4.69. The number of halogens is 1. The number of hydrogen-bond acceptors (Lipinski definition) is 4. The number of nitrogens with one attached hydrogen (secondary N) is 1. The minimum absolute atomic E-state index is 0.146. The molecule has 0 bridgehead atoms. The monoisotopic (exact) mass is 447 g/mol. The van der Waals surface area contributed by atoms with E-state index in [1.54, 1.807) is 48.5 Å². The van der Waals surface area contributed by atoms with E-state index in [0.29, 0.717) is 11.3 Å². The molecule has 0 fully saturated rings. The molecule has 0 aliphatic carbocycles. The van der Waals surface area contributed by atoms with E-state index in [2.05, 4.69) is 20.7 Å². The molecule has 0 amide bonds. The molecule has 4 nitrogen and oxygen atoms in total. The Morgan fingerprint density at radius 3 is 2.27 bits per heavy atom. The lowest BCUT2D eigenvalue weighted by Crippen LogP contribution is -2.12. The summed E-state index contributed by atoms with van der Waals surface area (Å²) in [5.74, 6) is -0.146. The van der Waals surface area contributed by atoms with Crippen LogP contribution in [-0.2, 0) is 10.0 Å². The number of carbonyl (C=O) groups is 1. The molecule has 0 radical (unpaired) electrons. The zero-order valence-corrected chi connectivity index (χ0v) is 16.6. The van der Waals surface area contributed by atoms with Gasteiger partial charge in [0.1, 0.15) is 0 Å². The Hall–Kier alpha value is -2.22. The minimum atomic E-state index is -3.64. The molecule has 0 unspecified atom stereocenters. The van der Waals surface area contributed by atoms with Crippen LogP contribution in [0.4, 0.5) is 5.69 Å². The van der Waals surface area contributed by atoms with Gasteiger partial charge >= 0.3 is 0 Å². The van der Waals surface area contributed by atoms with Gasteiger partial charge in [-0.05, 0) is 76.6 Å². The van der Waals surface area contributed by atoms with Crippen LogP contribution >= 0.6 is 27.3 Å². The van der Waals surface area contributed by atoms with Crippen LogP contribution in [0.25, 0.3) is 6.08 Å². The van der Waals surface area contributed by atoms with Crippen molar-refractivity contribution < 1.29 is 13.2 Å². The smallest absolute Gasteiger partial charge is 0.261 e. The van der Waals surface area contributed by atoms with Crippen LogP contribution in [-0.4, -0.2) is 14.2 Å². The van der Waals surface area contributed by atoms with E-state index in [1.165, 1.54) is 29.5 Å². The van der Waals surface area contributed by atoms with Gasteiger partial charge < -0.3 is 0 Å². The van der Waals surface area contributed by atoms with E-state index in [-0.39, 0.29) is 10.7 Å². The van der Waals surface area contributed by atoms with Gasteiger partial charge in [-0.25, -0.2) is 8.42 Å². The highest BCUT2D eigenvalue weighted by atomic mass is 79.9. The van der Waals surface area contributed by atoms with Crippen molar-refractivity contribution in [3.63, 3.8) is 0 Å². The molecule has 1 heterocycles. The van der Waals surface area contributed by atoms with Crippen LogP contribution in [0.3, 0.4) is 0 Å². The van der Waals surface area contributed by atoms with Gasteiger partial charge in [-0.15, -0.1) is 11.3 Å². The van der Waals surface area contributed by atoms with Crippen molar-refractivity contribution in [3.05, 3.63) is 87.0 Å². The molecular formula is C19H14BrNO3S2. The summed E-state index contributed by atoms with van der Waals surface area (Å²) in [6, 6.07) is 18.3. The second kappa shape index (κ2) is 7.99. The first kappa shape index (κ1) is 18.6. The Morgan fingerprint density at radius 2 is 1.65 bits per heavy atom. The zero-order valence-electron chi connectivity index (χ0n) is 13.4. The van der Waals surface area contributed by atoms with Gasteiger partial charge in [-0.1, -0.05) is 18.2 Å². The fourth-order valence-electron chi connectivity index (χ4n) is 2.19. The Morgan fingerprint density at radius 1 is 0.962 bits per heavy atom. The number of sulfonamides is 1. The lowest BCUT2D eigenvalue weighted by molar-refractivity contribution is 0.104. The van der Waals surface area contributed by atoms with Crippen LogP contribution < -0.4 is 4.72 Å². The fourth-order valence-corrected chi connectivity index (χ4v) is 4.59. The topological polar surface area (TPSA) is 63.2 Å². The van der Waals surface area contributed by atoms with Gasteiger partial charge in [-0.3, -0.25) is 9.52 Å². The number of thiophene rings is 1. The van der Waals surface area contributed by atoms with Gasteiger partial charge in [0.2, 0.25) is 0 Å². The summed E-state index contributed by atoms with van der Waals surface area (Å²) in [7, 11) is -3.64. The molecule has 2 aromatic carbocycles. The number of allylic oxidation sites excluding steroid dienone is 1. The molecule has 0 aliphatic rings. The molecule has 7 heteroatoms. The molecule has 132 valence electrons. The largest absolute Gasteiger partial charge is 0.289 e. The predicted octanol–water partition coefficient (Wildman–Crippen LogP) is 5.21. The quantitative estimate of drug-likeness (QED) is 0.416. The van der Waals surface area contributed by atoms with Gasteiger partial charge in [-0.2, -0.15) is 0 Å². The molecule has 26 heavy (non-hydrogen) atoms. The van der Waals surface area contributed by atoms with Crippen LogP contribution in [0.5, 0.6) is 0 Å². The van der Waals surface area contributed by atoms with E-state index in [4.69, 9.17) is 0 Å². The average molecular weight is 448 g/mol. The number of rotatable bonds is 6. The highest BCUT2D eigenvalue weighted by Crippen LogP contribution is 2.23. The van der Waals surface area contributed by atoms with Crippen LogP contribution in [0.15, 0.2) is 81.5 Å². The minimum Gasteiger partial charge on any atom is -0.289 e. The summed E-state index contributed by atoms with van der Waals surface area (Å²) >= 11 is 4.91. The highest BCUT2D eigenvalue weighted by Gasteiger charge is 2.13. The van der Waals surface area contributed by atoms with Crippen LogP contribution in [0.1, 0.15) is 15.2 Å². The number of carbonyl (C=O) groups excluding carboxylic acids is 1. The number of hydrogen-bond donors (Lipinski definition) is 1. The van der Waals surface area contributed by atoms with E-state index in [1.807, 2.05) is 12.1 Å². The Balaban J connectivity index is 1.70. The molecule has 0 aliphatic heterocycles. The fraction of sp³-hybridized carbons (Fsp3) is 0. The van der Waals surface area contributed by atoms with Crippen molar-refractivity contribution >= 4 is 54.8 Å². The van der Waals surface area contributed by atoms with Crippen molar-refractivity contribution in [3.8, 4) is 0 Å². The Kier molecular flexibility index (Phi) is 5.70. The third-order valence-corrected chi connectivity index (χ3v) is 6.45.